The number of nitrogens with zero attached hydrogens (tertiary/aromatic N) is 1. The van der Waals surface area contributed by atoms with Crippen LogP contribution in [0.3, 0.4) is 0 Å². The van der Waals surface area contributed by atoms with E-state index >= 15 is 0 Å². The number of fused-ring (bicyclic) bond motifs is 1. The molecule has 0 aliphatic carbocycles. The molecular formula is C28H28ClF3N2O3. The molecule has 2 atom stereocenters. The Labute approximate surface area is 218 Å². The Morgan fingerprint density at radius 1 is 1.08 bits per heavy atom. The highest BCUT2D eigenvalue weighted by atomic mass is 35.5. The molecule has 0 fully saturated rings. The van der Waals surface area contributed by atoms with Crippen LogP contribution in [-0.2, 0) is 23.8 Å². The number of ether oxygens (including phenoxy) is 2. The zero-order valence-electron chi connectivity index (χ0n) is 20.5. The van der Waals surface area contributed by atoms with Crippen LogP contribution in [0.2, 0.25) is 5.02 Å². The van der Waals surface area contributed by atoms with Gasteiger partial charge in [-0.15, -0.1) is 0 Å². The van der Waals surface area contributed by atoms with E-state index in [4.69, 9.17) is 26.8 Å². The third-order valence-electron chi connectivity index (χ3n) is 6.82. The average molecular weight is 533 g/mol. The Morgan fingerprint density at radius 3 is 2.38 bits per heavy atom. The number of primary amides is 1. The maximum atomic E-state index is 13.8. The van der Waals surface area contributed by atoms with Crippen molar-refractivity contribution in [3.05, 3.63) is 93.5 Å². The summed E-state index contributed by atoms with van der Waals surface area (Å²) in [5.74, 6) is 0.540. The number of methoxy groups -OCH3 is 2. The molecule has 0 unspecified atom stereocenters. The minimum absolute atomic E-state index is 0.0879. The van der Waals surface area contributed by atoms with Crippen LogP contribution >= 0.6 is 11.6 Å². The Balaban J connectivity index is 1.80. The first-order valence-electron chi connectivity index (χ1n) is 11.8. The topological polar surface area (TPSA) is 64.8 Å². The fourth-order valence-corrected chi connectivity index (χ4v) is 5.37. The molecule has 1 aliphatic rings. The first-order chi connectivity index (χ1) is 17.6. The monoisotopic (exact) mass is 532 g/mol. The van der Waals surface area contributed by atoms with Crippen molar-refractivity contribution in [3.63, 3.8) is 0 Å². The summed E-state index contributed by atoms with van der Waals surface area (Å²) >= 11 is 6.07. The molecule has 3 aromatic carbocycles. The summed E-state index contributed by atoms with van der Waals surface area (Å²) in [5.41, 5.74) is 7.85. The molecule has 3 aromatic rings. The van der Waals surface area contributed by atoms with E-state index in [-0.39, 0.29) is 17.0 Å². The second kappa shape index (κ2) is 11.0. The molecule has 4 rings (SSSR count). The highest BCUT2D eigenvalue weighted by Gasteiger charge is 2.38. The molecule has 0 spiro atoms. The summed E-state index contributed by atoms with van der Waals surface area (Å²) in [6, 6.07) is 15.3. The third kappa shape index (κ3) is 5.70. The van der Waals surface area contributed by atoms with Crippen molar-refractivity contribution in [1.29, 1.82) is 0 Å². The van der Waals surface area contributed by atoms with Gasteiger partial charge in [-0.25, -0.2) is 0 Å². The van der Waals surface area contributed by atoms with Crippen LogP contribution in [0.25, 0.3) is 0 Å². The molecule has 9 heteroatoms. The second-order valence-electron chi connectivity index (χ2n) is 8.96. The summed E-state index contributed by atoms with van der Waals surface area (Å²) in [6.45, 7) is 0.483. The number of carbonyl (C=O) groups excluding carboxylic acids is 1. The summed E-state index contributed by atoms with van der Waals surface area (Å²) in [5, 5.41) is 0.231. The molecule has 1 amide bonds. The van der Waals surface area contributed by atoms with Gasteiger partial charge >= 0.3 is 6.18 Å². The number of halogens is 4. The van der Waals surface area contributed by atoms with Gasteiger partial charge in [0, 0.05) is 17.6 Å². The van der Waals surface area contributed by atoms with Crippen molar-refractivity contribution >= 4 is 17.5 Å². The van der Waals surface area contributed by atoms with Crippen LogP contribution in [0.1, 0.15) is 46.3 Å². The third-order valence-corrected chi connectivity index (χ3v) is 7.06. The van der Waals surface area contributed by atoms with E-state index in [2.05, 4.69) is 0 Å². The molecule has 1 aliphatic heterocycles. The van der Waals surface area contributed by atoms with Gasteiger partial charge in [0.05, 0.1) is 19.8 Å². The maximum absolute atomic E-state index is 13.8. The van der Waals surface area contributed by atoms with Crippen molar-refractivity contribution in [2.24, 2.45) is 5.73 Å². The first kappa shape index (κ1) is 26.8. The predicted octanol–water partition coefficient (Wildman–Crippen LogP) is 6.13. The van der Waals surface area contributed by atoms with Crippen molar-refractivity contribution in [3.8, 4) is 11.5 Å². The number of carbonyl (C=O) groups is 1. The quantitative estimate of drug-likeness (QED) is 0.379. The number of alkyl halides is 3. The highest BCUT2D eigenvalue weighted by molar-refractivity contribution is 6.30. The number of rotatable bonds is 8. The second-order valence-corrected chi connectivity index (χ2v) is 9.40. The van der Waals surface area contributed by atoms with Gasteiger partial charge in [-0.1, -0.05) is 41.9 Å². The van der Waals surface area contributed by atoms with Gasteiger partial charge < -0.3 is 15.2 Å². The fraction of sp³-hybridized carbons (Fsp3) is 0.321. The van der Waals surface area contributed by atoms with Gasteiger partial charge in [-0.05, 0) is 71.8 Å². The number of aryl methyl sites for hydroxylation is 1. The molecule has 0 aromatic heterocycles. The van der Waals surface area contributed by atoms with Crippen molar-refractivity contribution in [2.75, 3.05) is 20.8 Å². The van der Waals surface area contributed by atoms with Crippen LogP contribution in [0.5, 0.6) is 11.5 Å². The number of benzene rings is 3. The lowest BCUT2D eigenvalue weighted by molar-refractivity contribution is -0.138. The van der Waals surface area contributed by atoms with E-state index in [1.807, 2.05) is 47.4 Å². The normalized spacial score (nSPS) is 16.6. The van der Waals surface area contributed by atoms with Crippen molar-refractivity contribution in [2.45, 2.75) is 37.5 Å². The summed E-state index contributed by atoms with van der Waals surface area (Å²) < 4.78 is 52.2. The molecule has 0 saturated carbocycles. The summed E-state index contributed by atoms with van der Waals surface area (Å²) in [6.07, 6.45) is -3.53. The predicted molar refractivity (Wildman–Crippen MR) is 136 cm³/mol. The Morgan fingerprint density at radius 2 is 1.76 bits per heavy atom. The Hall–Kier alpha value is -3.23. The van der Waals surface area contributed by atoms with Crippen LogP contribution in [0.4, 0.5) is 13.2 Å². The Bertz CT molecular complexity index is 1270. The van der Waals surface area contributed by atoms with E-state index in [1.54, 1.807) is 7.11 Å². The molecule has 196 valence electrons. The molecule has 0 bridgehead atoms. The number of amides is 1. The van der Waals surface area contributed by atoms with Gasteiger partial charge in [0.25, 0.3) is 0 Å². The lowest BCUT2D eigenvalue weighted by Gasteiger charge is -2.42. The summed E-state index contributed by atoms with van der Waals surface area (Å²) in [4.78, 5) is 14.7. The van der Waals surface area contributed by atoms with E-state index in [0.29, 0.717) is 30.9 Å². The lowest BCUT2D eigenvalue weighted by Crippen LogP contribution is -2.44. The standard InChI is InChI=1S/C28H28ClF3N2O3/c1-36-24-15-18-12-13-34(26(27(33)35)17-6-4-3-5-7-17)23(21(18)16-25(24)37-2)11-8-19-14-20(29)9-10-22(19)28(30,31)32/h3-7,9-10,14-16,23,26H,8,11-13H2,1-2H3,(H2,33,35)/t23-,26+/m0/s1. The van der Waals surface area contributed by atoms with Crippen LogP contribution in [-0.4, -0.2) is 31.6 Å². The van der Waals surface area contributed by atoms with Crippen molar-refractivity contribution < 1.29 is 27.4 Å². The molecule has 1 heterocycles. The van der Waals surface area contributed by atoms with E-state index in [9.17, 15) is 18.0 Å². The van der Waals surface area contributed by atoms with E-state index in [1.165, 1.54) is 19.2 Å². The summed E-state index contributed by atoms with van der Waals surface area (Å²) in [7, 11) is 3.07. The zero-order valence-corrected chi connectivity index (χ0v) is 21.3. The minimum atomic E-state index is -4.51. The molecular weight excluding hydrogens is 505 g/mol. The molecule has 2 N–H and O–H groups in total. The minimum Gasteiger partial charge on any atom is -0.493 e. The Kier molecular flexibility index (Phi) is 7.99. The molecule has 37 heavy (non-hydrogen) atoms. The first-order valence-corrected chi connectivity index (χ1v) is 12.2. The largest absolute Gasteiger partial charge is 0.493 e. The molecule has 0 radical (unpaired) electrons. The number of hydrogen-bond donors (Lipinski definition) is 1. The van der Waals surface area contributed by atoms with Gasteiger partial charge in [0.1, 0.15) is 6.04 Å². The maximum Gasteiger partial charge on any atom is 0.416 e. The average Bonchev–Trinajstić information content (AvgIpc) is 2.86. The van der Waals surface area contributed by atoms with Gasteiger partial charge in [0.15, 0.2) is 11.5 Å². The van der Waals surface area contributed by atoms with Gasteiger partial charge in [-0.2, -0.15) is 13.2 Å². The van der Waals surface area contributed by atoms with Gasteiger partial charge in [-0.3, -0.25) is 9.69 Å². The number of nitrogens with two attached hydrogens (primary N) is 1. The smallest absolute Gasteiger partial charge is 0.416 e. The zero-order chi connectivity index (χ0) is 26.7. The van der Waals surface area contributed by atoms with Crippen LogP contribution in [0, 0.1) is 0 Å². The SMILES string of the molecule is COc1cc2c(cc1OC)[C@H](CCc1cc(Cl)ccc1C(F)(F)F)N([C@@H](C(N)=O)c1ccccc1)CC2. The molecule has 0 saturated heterocycles. The van der Waals surface area contributed by atoms with Gasteiger partial charge in [0.2, 0.25) is 5.91 Å². The van der Waals surface area contributed by atoms with E-state index < -0.39 is 29.7 Å². The van der Waals surface area contributed by atoms with Crippen molar-refractivity contribution in [1.82, 2.24) is 4.90 Å². The van der Waals surface area contributed by atoms with E-state index in [0.717, 1.165) is 22.8 Å². The number of hydrogen-bond acceptors (Lipinski definition) is 4. The van der Waals surface area contributed by atoms with Crippen LogP contribution in [0.15, 0.2) is 60.7 Å². The highest BCUT2D eigenvalue weighted by Crippen LogP contribution is 2.44. The van der Waals surface area contributed by atoms with Crippen LogP contribution < -0.4 is 15.2 Å². The fourth-order valence-electron chi connectivity index (χ4n) is 5.17. The lowest BCUT2D eigenvalue weighted by atomic mass is 9.85. The molecule has 5 nitrogen and oxygen atoms in total.